The van der Waals surface area contributed by atoms with Gasteiger partial charge in [0.15, 0.2) is 9.54 Å². The number of nitrogens with zero attached hydrogens (tertiary/aromatic N) is 4. The van der Waals surface area contributed by atoms with Crippen molar-refractivity contribution in [1.29, 1.82) is 0 Å². The van der Waals surface area contributed by atoms with Crippen molar-refractivity contribution < 1.29 is 0 Å². The molecule has 8 heteroatoms. The SMILES string of the molecule is S=c1[nH]nc(CCCCc2n[nH]c(=S)n2C2CC2)n1C1CC1. The van der Waals surface area contributed by atoms with Gasteiger partial charge in [-0.15, -0.1) is 0 Å². The van der Waals surface area contributed by atoms with Crippen LogP contribution in [-0.2, 0) is 12.8 Å². The standard InChI is InChI=1S/C14H20N6S2/c21-13-17-15-11(19(13)9-5-6-9)3-1-2-4-12-16-18-14(22)20(12)10-7-8-10/h9-10H,1-8H2,(H,17,21)(H,18,22). The number of nitrogens with one attached hydrogen (secondary N) is 2. The summed E-state index contributed by atoms with van der Waals surface area (Å²) < 4.78 is 5.95. The molecule has 2 aliphatic carbocycles. The summed E-state index contributed by atoms with van der Waals surface area (Å²) in [6, 6.07) is 1.18. The van der Waals surface area contributed by atoms with E-state index in [9.17, 15) is 0 Å². The summed E-state index contributed by atoms with van der Waals surface area (Å²) in [5, 5.41) is 14.6. The summed E-state index contributed by atoms with van der Waals surface area (Å²) in [5.41, 5.74) is 0. The minimum atomic E-state index is 0.590. The highest BCUT2D eigenvalue weighted by Gasteiger charge is 2.28. The third-order valence-corrected chi connectivity index (χ3v) is 5.01. The van der Waals surface area contributed by atoms with Crippen LogP contribution in [0.3, 0.4) is 0 Å². The average molecular weight is 336 g/mol. The molecule has 2 aromatic rings. The molecule has 22 heavy (non-hydrogen) atoms. The van der Waals surface area contributed by atoms with Gasteiger partial charge >= 0.3 is 0 Å². The van der Waals surface area contributed by atoms with Crippen LogP contribution >= 0.6 is 24.4 Å². The van der Waals surface area contributed by atoms with E-state index >= 15 is 0 Å². The first-order valence-electron chi connectivity index (χ1n) is 8.05. The van der Waals surface area contributed by atoms with E-state index in [2.05, 4.69) is 29.5 Å². The Morgan fingerprint density at radius 2 is 1.23 bits per heavy atom. The zero-order chi connectivity index (χ0) is 15.1. The quantitative estimate of drug-likeness (QED) is 0.600. The third-order valence-electron chi connectivity index (χ3n) is 4.43. The van der Waals surface area contributed by atoms with E-state index in [-0.39, 0.29) is 0 Å². The monoisotopic (exact) mass is 336 g/mol. The number of unbranched alkanes of at least 4 members (excludes halogenated alkanes) is 1. The molecule has 2 fully saturated rings. The maximum atomic E-state index is 5.32. The van der Waals surface area contributed by atoms with Gasteiger partial charge < -0.3 is 9.13 Å². The molecule has 0 spiro atoms. The first kappa shape index (κ1) is 14.3. The van der Waals surface area contributed by atoms with Gasteiger partial charge in [0.2, 0.25) is 0 Å². The molecule has 2 N–H and O–H groups in total. The minimum absolute atomic E-state index is 0.590. The van der Waals surface area contributed by atoms with Crippen LogP contribution in [0.1, 0.15) is 62.3 Å². The summed E-state index contributed by atoms with van der Waals surface area (Å²) in [4.78, 5) is 0. The van der Waals surface area contributed by atoms with E-state index in [0.29, 0.717) is 12.1 Å². The first-order valence-corrected chi connectivity index (χ1v) is 8.87. The van der Waals surface area contributed by atoms with Crippen LogP contribution in [0.15, 0.2) is 0 Å². The van der Waals surface area contributed by atoms with E-state index < -0.39 is 0 Å². The van der Waals surface area contributed by atoms with Crippen LogP contribution < -0.4 is 0 Å². The lowest BCUT2D eigenvalue weighted by molar-refractivity contribution is 0.605. The molecule has 0 bridgehead atoms. The number of aryl methyl sites for hydroxylation is 2. The third kappa shape index (κ3) is 2.81. The van der Waals surface area contributed by atoms with Crippen molar-refractivity contribution in [2.24, 2.45) is 0 Å². The van der Waals surface area contributed by atoms with Crippen molar-refractivity contribution in [3.05, 3.63) is 21.2 Å². The fourth-order valence-electron chi connectivity index (χ4n) is 3.01. The average Bonchev–Trinajstić information content (AvgIpc) is 3.42. The molecule has 0 saturated heterocycles. The highest BCUT2D eigenvalue weighted by atomic mass is 32.1. The molecule has 118 valence electrons. The molecule has 0 aromatic carbocycles. The Labute approximate surface area is 138 Å². The normalized spacial score (nSPS) is 18.0. The highest BCUT2D eigenvalue weighted by molar-refractivity contribution is 7.71. The molecule has 0 atom stereocenters. The predicted octanol–water partition coefficient (Wildman–Crippen LogP) is 3.43. The Balaban J connectivity index is 1.34. The molecular formula is C14H20N6S2. The van der Waals surface area contributed by atoms with Crippen LogP contribution in [-0.4, -0.2) is 29.5 Å². The van der Waals surface area contributed by atoms with E-state index in [0.717, 1.165) is 46.9 Å². The number of hydrogen-bond donors (Lipinski definition) is 2. The molecule has 6 nitrogen and oxygen atoms in total. The molecule has 2 saturated carbocycles. The van der Waals surface area contributed by atoms with Gasteiger partial charge in [0.1, 0.15) is 11.6 Å². The van der Waals surface area contributed by atoms with Crippen LogP contribution in [0.25, 0.3) is 0 Å². The van der Waals surface area contributed by atoms with Crippen molar-refractivity contribution in [2.75, 3.05) is 0 Å². The number of aromatic nitrogens is 6. The Morgan fingerprint density at radius 1 is 0.818 bits per heavy atom. The van der Waals surface area contributed by atoms with E-state index in [1.165, 1.54) is 25.7 Å². The lowest BCUT2D eigenvalue weighted by Gasteiger charge is -2.06. The second-order valence-electron chi connectivity index (χ2n) is 6.30. The summed E-state index contributed by atoms with van der Waals surface area (Å²) in [6.07, 6.45) is 9.06. The van der Waals surface area contributed by atoms with E-state index in [1.54, 1.807) is 0 Å². The molecule has 4 rings (SSSR count). The molecular weight excluding hydrogens is 316 g/mol. The van der Waals surface area contributed by atoms with Crippen molar-refractivity contribution >= 4 is 24.4 Å². The van der Waals surface area contributed by atoms with Gasteiger partial charge in [-0.25, -0.2) is 0 Å². The smallest absolute Gasteiger partial charge is 0.195 e. The fourth-order valence-corrected chi connectivity index (χ4v) is 3.61. The number of H-pyrrole nitrogens is 2. The number of hydrogen-bond acceptors (Lipinski definition) is 4. The topological polar surface area (TPSA) is 67.2 Å². The molecule has 2 aliphatic rings. The zero-order valence-electron chi connectivity index (χ0n) is 12.4. The van der Waals surface area contributed by atoms with Gasteiger partial charge in [-0.2, -0.15) is 10.2 Å². The molecule has 0 unspecified atom stereocenters. The summed E-state index contributed by atoms with van der Waals surface area (Å²) in [6.45, 7) is 0. The van der Waals surface area contributed by atoms with Crippen molar-refractivity contribution in [1.82, 2.24) is 29.5 Å². The van der Waals surface area contributed by atoms with E-state index in [4.69, 9.17) is 24.4 Å². The van der Waals surface area contributed by atoms with Gasteiger partial charge in [-0.1, -0.05) is 0 Å². The summed E-state index contributed by atoms with van der Waals surface area (Å²) >= 11 is 10.6. The minimum Gasteiger partial charge on any atom is -0.301 e. The molecule has 0 aliphatic heterocycles. The second-order valence-corrected chi connectivity index (χ2v) is 7.07. The zero-order valence-corrected chi connectivity index (χ0v) is 14.0. The van der Waals surface area contributed by atoms with Crippen LogP contribution in [0.4, 0.5) is 0 Å². The van der Waals surface area contributed by atoms with Gasteiger partial charge in [0.05, 0.1) is 0 Å². The summed E-state index contributed by atoms with van der Waals surface area (Å²) in [7, 11) is 0. The Hall–Kier alpha value is -1.28. The highest BCUT2D eigenvalue weighted by Crippen LogP contribution is 2.36. The Morgan fingerprint density at radius 3 is 1.59 bits per heavy atom. The molecule has 2 aromatic heterocycles. The van der Waals surface area contributed by atoms with Crippen LogP contribution in [0, 0.1) is 9.54 Å². The molecule has 0 radical (unpaired) electrons. The first-order chi connectivity index (χ1) is 10.7. The maximum absolute atomic E-state index is 5.32. The fraction of sp³-hybridized carbons (Fsp3) is 0.714. The van der Waals surface area contributed by atoms with Gasteiger partial charge in [0, 0.05) is 24.9 Å². The Bertz CT molecular complexity index is 708. The van der Waals surface area contributed by atoms with Crippen molar-refractivity contribution in [3.8, 4) is 0 Å². The van der Waals surface area contributed by atoms with Gasteiger partial charge in [0.25, 0.3) is 0 Å². The molecule has 0 amide bonds. The maximum Gasteiger partial charge on any atom is 0.195 e. The van der Waals surface area contributed by atoms with Crippen molar-refractivity contribution in [3.63, 3.8) is 0 Å². The van der Waals surface area contributed by atoms with Crippen LogP contribution in [0.5, 0.6) is 0 Å². The number of rotatable bonds is 7. The second kappa shape index (κ2) is 5.73. The lowest BCUT2D eigenvalue weighted by Crippen LogP contribution is -2.04. The van der Waals surface area contributed by atoms with Gasteiger partial charge in [-0.3, -0.25) is 10.2 Å². The van der Waals surface area contributed by atoms with Crippen molar-refractivity contribution in [2.45, 2.75) is 63.5 Å². The summed E-state index contributed by atoms with van der Waals surface area (Å²) in [5.74, 6) is 2.21. The van der Waals surface area contributed by atoms with Crippen LogP contribution in [0.2, 0.25) is 0 Å². The van der Waals surface area contributed by atoms with E-state index in [1.807, 2.05) is 0 Å². The number of aromatic amines is 2. The predicted molar refractivity (Wildman–Crippen MR) is 88.0 cm³/mol. The molecule has 2 heterocycles. The Kier molecular flexibility index (Phi) is 3.73. The van der Waals surface area contributed by atoms with Gasteiger partial charge in [-0.05, 0) is 63.0 Å². The lowest BCUT2D eigenvalue weighted by atomic mass is 10.2. The largest absolute Gasteiger partial charge is 0.301 e.